The molecule has 0 fully saturated rings. The Balaban J connectivity index is 1.87. The van der Waals surface area contributed by atoms with Gasteiger partial charge in [0.15, 0.2) is 0 Å². The molecule has 0 saturated heterocycles. The van der Waals surface area contributed by atoms with Gasteiger partial charge in [0.05, 0.1) is 16.1 Å². The van der Waals surface area contributed by atoms with E-state index >= 15 is 0 Å². The fourth-order valence-electron chi connectivity index (χ4n) is 2.58. The minimum absolute atomic E-state index is 0.206. The second-order valence-corrected chi connectivity index (χ2v) is 8.03. The van der Waals surface area contributed by atoms with Crippen molar-refractivity contribution in [2.24, 2.45) is 0 Å². The van der Waals surface area contributed by atoms with E-state index in [4.69, 9.17) is 11.6 Å². The molecule has 148 valence electrons. The Kier molecular flexibility index (Phi) is 5.46. The lowest BCUT2D eigenvalue weighted by molar-refractivity contribution is -0.139. The Bertz CT molecular complexity index is 1070. The van der Waals surface area contributed by atoms with Crippen molar-refractivity contribution in [3.63, 3.8) is 0 Å². The first-order valence-electron chi connectivity index (χ1n) is 7.92. The summed E-state index contributed by atoms with van der Waals surface area (Å²) >= 11 is 5.60. The summed E-state index contributed by atoms with van der Waals surface area (Å²) in [7, 11) is -4.45. The highest BCUT2D eigenvalue weighted by atomic mass is 35.5. The van der Waals surface area contributed by atoms with Gasteiger partial charge in [-0.3, -0.25) is 0 Å². The highest BCUT2D eigenvalue weighted by Crippen LogP contribution is 2.36. The fourth-order valence-corrected chi connectivity index (χ4v) is 4.19. The molecule has 0 radical (unpaired) electrons. The highest BCUT2D eigenvalue weighted by molar-refractivity contribution is 7.89. The molecule has 0 aliphatic carbocycles. The molecule has 28 heavy (non-hydrogen) atoms. The lowest BCUT2D eigenvalue weighted by atomic mass is 10.1. The van der Waals surface area contributed by atoms with Crippen LogP contribution < -0.4 is 4.72 Å². The van der Waals surface area contributed by atoms with E-state index in [0.717, 1.165) is 12.1 Å². The molecule has 0 spiro atoms. The van der Waals surface area contributed by atoms with Gasteiger partial charge < -0.3 is 0 Å². The Morgan fingerprint density at radius 3 is 2.39 bits per heavy atom. The van der Waals surface area contributed by atoms with Crippen molar-refractivity contribution in [1.82, 2.24) is 19.5 Å². The van der Waals surface area contributed by atoms with Crippen LogP contribution in [0, 0.1) is 0 Å². The van der Waals surface area contributed by atoms with Crippen molar-refractivity contribution >= 4 is 21.6 Å². The maximum absolute atomic E-state index is 13.2. The molecule has 2 aromatic carbocycles. The van der Waals surface area contributed by atoms with E-state index in [1.165, 1.54) is 24.3 Å². The summed E-state index contributed by atoms with van der Waals surface area (Å²) in [4.78, 5) is 2.95. The molecule has 0 bridgehead atoms. The summed E-state index contributed by atoms with van der Waals surface area (Å²) in [6.45, 7) is 1.53. The average molecular weight is 431 g/mol. The van der Waals surface area contributed by atoms with E-state index in [0.29, 0.717) is 17.3 Å². The molecular formula is C17H14ClF3N4O2S. The zero-order valence-electron chi connectivity index (χ0n) is 14.4. The third kappa shape index (κ3) is 4.34. The SMILES string of the molecule is CC(NS(=O)(=O)c1ccc(Cl)cc1C(F)(F)F)c1ccc(-n2cncn2)cc1. The van der Waals surface area contributed by atoms with Gasteiger partial charge in [0.25, 0.3) is 0 Å². The van der Waals surface area contributed by atoms with Crippen molar-refractivity contribution < 1.29 is 21.6 Å². The molecule has 6 nitrogen and oxygen atoms in total. The van der Waals surface area contributed by atoms with Gasteiger partial charge in [-0.1, -0.05) is 23.7 Å². The summed E-state index contributed by atoms with van der Waals surface area (Å²) in [5.74, 6) is 0. The van der Waals surface area contributed by atoms with Crippen LogP contribution in [0.25, 0.3) is 5.69 Å². The molecular weight excluding hydrogens is 417 g/mol. The lowest BCUT2D eigenvalue weighted by Crippen LogP contribution is -2.29. The number of aromatic nitrogens is 3. The molecule has 11 heteroatoms. The number of sulfonamides is 1. The van der Waals surface area contributed by atoms with E-state index < -0.39 is 32.7 Å². The predicted octanol–water partition coefficient (Wildman–Crippen LogP) is 3.98. The summed E-state index contributed by atoms with van der Waals surface area (Å²) in [5, 5.41) is 3.77. The van der Waals surface area contributed by atoms with E-state index in [2.05, 4.69) is 14.8 Å². The first-order valence-corrected chi connectivity index (χ1v) is 9.78. The number of hydrogen-bond donors (Lipinski definition) is 1. The first kappa shape index (κ1) is 20.3. The Morgan fingerprint density at radius 1 is 1.14 bits per heavy atom. The quantitative estimate of drug-likeness (QED) is 0.664. The molecule has 3 aromatic rings. The molecule has 3 rings (SSSR count). The first-order chi connectivity index (χ1) is 13.1. The van der Waals surface area contributed by atoms with E-state index in [-0.39, 0.29) is 5.02 Å². The zero-order chi connectivity index (χ0) is 20.5. The minimum atomic E-state index is -4.86. The standard InChI is InChI=1S/C17H14ClF3N4O2S/c1-11(12-2-5-14(6-3-12)25-10-22-9-23-25)24-28(26,27)16-7-4-13(18)8-15(16)17(19,20)21/h2-11,24H,1H3. The minimum Gasteiger partial charge on any atom is -0.223 e. The molecule has 0 aliphatic rings. The maximum Gasteiger partial charge on any atom is 0.417 e. The molecule has 0 saturated carbocycles. The third-order valence-electron chi connectivity index (χ3n) is 3.94. The maximum atomic E-state index is 13.2. The van der Waals surface area contributed by atoms with Crippen molar-refractivity contribution in [2.75, 3.05) is 0 Å². The van der Waals surface area contributed by atoms with Crippen LogP contribution in [0.4, 0.5) is 13.2 Å². The topological polar surface area (TPSA) is 76.9 Å². The predicted molar refractivity (Wildman–Crippen MR) is 96.5 cm³/mol. The summed E-state index contributed by atoms with van der Waals surface area (Å²) < 4.78 is 68.6. The van der Waals surface area contributed by atoms with Gasteiger partial charge >= 0.3 is 6.18 Å². The van der Waals surface area contributed by atoms with Gasteiger partial charge in [-0.05, 0) is 42.8 Å². The Hall–Kier alpha value is -2.43. The van der Waals surface area contributed by atoms with Crippen LogP contribution in [0.15, 0.2) is 60.0 Å². The molecule has 1 atom stereocenters. The molecule has 0 aliphatic heterocycles. The highest BCUT2D eigenvalue weighted by Gasteiger charge is 2.37. The van der Waals surface area contributed by atoms with Gasteiger partial charge in [-0.25, -0.2) is 22.8 Å². The molecule has 1 N–H and O–H groups in total. The van der Waals surface area contributed by atoms with Crippen LogP contribution in [-0.4, -0.2) is 23.2 Å². The lowest BCUT2D eigenvalue weighted by Gasteiger charge is -2.18. The second-order valence-electron chi connectivity index (χ2n) is 5.91. The van der Waals surface area contributed by atoms with Gasteiger partial charge in [-0.2, -0.15) is 18.3 Å². The third-order valence-corrected chi connectivity index (χ3v) is 5.78. The van der Waals surface area contributed by atoms with E-state index in [9.17, 15) is 21.6 Å². The molecule has 0 amide bonds. The molecule has 1 unspecified atom stereocenters. The summed E-state index contributed by atoms with van der Waals surface area (Å²) in [6.07, 6.45) is -1.99. The van der Waals surface area contributed by atoms with Crippen LogP contribution in [-0.2, 0) is 16.2 Å². The van der Waals surface area contributed by atoms with Gasteiger partial charge in [0, 0.05) is 11.1 Å². The number of rotatable bonds is 5. The van der Waals surface area contributed by atoms with Crippen LogP contribution >= 0.6 is 11.6 Å². The van der Waals surface area contributed by atoms with Crippen LogP contribution in [0.5, 0.6) is 0 Å². The van der Waals surface area contributed by atoms with Gasteiger partial charge in [0.1, 0.15) is 12.7 Å². The molecule has 1 heterocycles. The Morgan fingerprint density at radius 2 is 1.82 bits per heavy atom. The number of nitrogens with one attached hydrogen (secondary N) is 1. The zero-order valence-corrected chi connectivity index (χ0v) is 15.9. The number of benzene rings is 2. The number of nitrogens with zero attached hydrogens (tertiary/aromatic N) is 3. The monoisotopic (exact) mass is 430 g/mol. The fraction of sp³-hybridized carbons (Fsp3) is 0.176. The van der Waals surface area contributed by atoms with Crippen LogP contribution in [0.1, 0.15) is 24.1 Å². The van der Waals surface area contributed by atoms with E-state index in [1.807, 2.05) is 0 Å². The summed E-state index contributed by atoms with van der Waals surface area (Å²) in [6, 6.07) is 8.45. The smallest absolute Gasteiger partial charge is 0.223 e. The van der Waals surface area contributed by atoms with E-state index in [1.54, 1.807) is 24.3 Å². The van der Waals surface area contributed by atoms with Crippen LogP contribution in [0.2, 0.25) is 5.02 Å². The van der Waals surface area contributed by atoms with Gasteiger partial charge in [-0.15, -0.1) is 0 Å². The van der Waals surface area contributed by atoms with Crippen molar-refractivity contribution in [3.8, 4) is 5.69 Å². The largest absolute Gasteiger partial charge is 0.417 e. The Labute approximate surface area is 164 Å². The van der Waals surface area contributed by atoms with Crippen molar-refractivity contribution in [1.29, 1.82) is 0 Å². The van der Waals surface area contributed by atoms with Crippen molar-refractivity contribution in [3.05, 3.63) is 71.3 Å². The summed E-state index contributed by atoms with van der Waals surface area (Å²) in [5.41, 5.74) is -0.0513. The number of hydrogen-bond acceptors (Lipinski definition) is 4. The molecule has 1 aromatic heterocycles. The van der Waals surface area contributed by atoms with Crippen molar-refractivity contribution in [2.45, 2.75) is 24.0 Å². The second kappa shape index (κ2) is 7.53. The van der Waals surface area contributed by atoms with Crippen LogP contribution in [0.3, 0.4) is 0 Å². The number of halogens is 4. The normalized spacial score (nSPS) is 13.5. The number of alkyl halides is 3. The van der Waals surface area contributed by atoms with Gasteiger partial charge in [0.2, 0.25) is 10.0 Å². The average Bonchev–Trinajstić information content (AvgIpc) is 3.15.